The predicted molar refractivity (Wildman–Crippen MR) is 65.2 cm³/mol. The molecule has 2 atom stereocenters. The second-order valence-corrected chi connectivity index (χ2v) is 5.10. The lowest BCUT2D eigenvalue weighted by molar-refractivity contribution is -0.148. The summed E-state index contributed by atoms with van der Waals surface area (Å²) in [5.41, 5.74) is 0. The molecule has 1 saturated heterocycles. The fourth-order valence-electron chi connectivity index (χ4n) is 2.54. The molecule has 1 aliphatic heterocycles. The van der Waals surface area contributed by atoms with Crippen molar-refractivity contribution >= 4 is 5.97 Å². The second kappa shape index (κ2) is 6.24. The maximum Gasteiger partial charge on any atom is 0.309 e. The van der Waals surface area contributed by atoms with Crippen molar-refractivity contribution in [1.82, 2.24) is 4.90 Å². The summed E-state index contributed by atoms with van der Waals surface area (Å²) in [5, 5.41) is 0. The minimum Gasteiger partial charge on any atom is -0.466 e. The van der Waals surface area contributed by atoms with Crippen molar-refractivity contribution in [2.24, 2.45) is 11.8 Å². The quantitative estimate of drug-likeness (QED) is 0.675. The highest BCUT2D eigenvalue weighted by atomic mass is 16.5. The van der Waals surface area contributed by atoms with Crippen LogP contribution in [0.2, 0.25) is 0 Å². The Balaban J connectivity index is 2.43. The molecule has 0 amide bonds. The summed E-state index contributed by atoms with van der Waals surface area (Å²) in [7, 11) is 0. The Morgan fingerprint density at radius 3 is 2.69 bits per heavy atom. The van der Waals surface area contributed by atoms with E-state index in [2.05, 4.69) is 18.7 Å². The largest absolute Gasteiger partial charge is 0.466 e. The molecule has 16 heavy (non-hydrogen) atoms. The van der Waals surface area contributed by atoms with Crippen molar-refractivity contribution in [2.75, 3.05) is 19.7 Å². The minimum atomic E-state index is -0.0584. The Hall–Kier alpha value is -0.570. The highest BCUT2D eigenvalue weighted by Crippen LogP contribution is 2.24. The van der Waals surface area contributed by atoms with Gasteiger partial charge in [-0.25, -0.2) is 0 Å². The normalized spacial score (nSPS) is 23.7. The van der Waals surface area contributed by atoms with E-state index in [9.17, 15) is 4.79 Å². The van der Waals surface area contributed by atoms with Crippen LogP contribution in [0.3, 0.4) is 0 Å². The SMILES string of the molecule is CCOC(=O)C(C)CN1CCCC1C(C)C. The van der Waals surface area contributed by atoms with Gasteiger partial charge in [-0.3, -0.25) is 9.69 Å². The van der Waals surface area contributed by atoms with Crippen LogP contribution in [-0.2, 0) is 9.53 Å². The number of rotatable bonds is 5. The van der Waals surface area contributed by atoms with Crippen molar-refractivity contribution in [3.05, 3.63) is 0 Å². The molecule has 0 bridgehead atoms. The topological polar surface area (TPSA) is 29.5 Å². The number of hydrogen-bond donors (Lipinski definition) is 0. The highest BCUT2D eigenvalue weighted by Gasteiger charge is 2.29. The smallest absolute Gasteiger partial charge is 0.309 e. The number of hydrogen-bond acceptors (Lipinski definition) is 3. The van der Waals surface area contributed by atoms with Gasteiger partial charge >= 0.3 is 5.97 Å². The maximum absolute atomic E-state index is 11.6. The first-order chi connectivity index (χ1) is 7.56. The van der Waals surface area contributed by atoms with Crippen molar-refractivity contribution < 1.29 is 9.53 Å². The molecule has 3 nitrogen and oxygen atoms in total. The van der Waals surface area contributed by atoms with E-state index in [1.165, 1.54) is 12.8 Å². The van der Waals surface area contributed by atoms with E-state index in [1.807, 2.05) is 13.8 Å². The van der Waals surface area contributed by atoms with Crippen LogP contribution in [0.1, 0.15) is 40.5 Å². The zero-order valence-electron chi connectivity index (χ0n) is 11.0. The van der Waals surface area contributed by atoms with Crippen LogP contribution in [0.4, 0.5) is 0 Å². The van der Waals surface area contributed by atoms with E-state index in [0.29, 0.717) is 18.6 Å². The summed E-state index contributed by atoms with van der Waals surface area (Å²) >= 11 is 0. The number of esters is 1. The number of likely N-dealkylation sites (tertiary alicyclic amines) is 1. The molecule has 0 radical (unpaired) electrons. The van der Waals surface area contributed by atoms with Gasteiger partial charge in [0.2, 0.25) is 0 Å². The van der Waals surface area contributed by atoms with Gasteiger partial charge in [-0.2, -0.15) is 0 Å². The molecule has 0 saturated carbocycles. The molecule has 1 aliphatic rings. The van der Waals surface area contributed by atoms with Crippen LogP contribution in [0.25, 0.3) is 0 Å². The van der Waals surface area contributed by atoms with E-state index in [-0.39, 0.29) is 11.9 Å². The zero-order chi connectivity index (χ0) is 12.1. The summed E-state index contributed by atoms with van der Waals surface area (Å²) in [6.45, 7) is 10.8. The fourth-order valence-corrected chi connectivity index (χ4v) is 2.54. The lowest BCUT2D eigenvalue weighted by atomic mass is 10.0. The van der Waals surface area contributed by atoms with Gasteiger partial charge in [-0.05, 0) is 32.2 Å². The van der Waals surface area contributed by atoms with Gasteiger partial charge < -0.3 is 4.74 Å². The van der Waals surface area contributed by atoms with E-state index < -0.39 is 0 Å². The third kappa shape index (κ3) is 3.48. The van der Waals surface area contributed by atoms with Gasteiger partial charge in [0.25, 0.3) is 0 Å². The van der Waals surface area contributed by atoms with E-state index >= 15 is 0 Å². The summed E-state index contributed by atoms with van der Waals surface area (Å²) in [4.78, 5) is 14.0. The number of ether oxygens (including phenoxy) is 1. The Bertz CT molecular complexity index is 228. The first kappa shape index (κ1) is 13.5. The van der Waals surface area contributed by atoms with Crippen molar-refractivity contribution in [1.29, 1.82) is 0 Å². The summed E-state index contributed by atoms with van der Waals surface area (Å²) in [6, 6.07) is 0.650. The Kier molecular flexibility index (Phi) is 5.26. The number of nitrogens with zero attached hydrogens (tertiary/aromatic N) is 1. The lowest BCUT2D eigenvalue weighted by Gasteiger charge is -2.29. The van der Waals surface area contributed by atoms with Gasteiger partial charge in [0, 0.05) is 12.6 Å². The molecule has 0 aliphatic carbocycles. The molecule has 0 N–H and O–H groups in total. The molecule has 0 aromatic heterocycles. The monoisotopic (exact) mass is 227 g/mol. The molecule has 0 spiro atoms. The van der Waals surface area contributed by atoms with E-state index in [0.717, 1.165) is 13.1 Å². The third-order valence-corrected chi connectivity index (χ3v) is 3.38. The molecular formula is C13H25NO2. The van der Waals surface area contributed by atoms with Crippen LogP contribution in [0.15, 0.2) is 0 Å². The average Bonchev–Trinajstić information content (AvgIpc) is 2.66. The molecule has 0 aromatic rings. The van der Waals surface area contributed by atoms with Gasteiger partial charge in [0.15, 0.2) is 0 Å². The van der Waals surface area contributed by atoms with Crippen LogP contribution in [-0.4, -0.2) is 36.6 Å². The minimum absolute atomic E-state index is 0.000648. The van der Waals surface area contributed by atoms with E-state index in [4.69, 9.17) is 4.74 Å². The fraction of sp³-hybridized carbons (Fsp3) is 0.923. The highest BCUT2D eigenvalue weighted by molar-refractivity contribution is 5.72. The molecule has 0 aromatic carbocycles. The van der Waals surface area contributed by atoms with Crippen LogP contribution < -0.4 is 0 Å². The van der Waals surface area contributed by atoms with Crippen molar-refractivity contribution in [3.63, 3.8) is 0 Å². The first-order valence-electron chi connectivity index (χ1n) is 6.47. The lowest BCUT2D eigenvalue weighted by Crippen LogP contribution is -2.38. The van der Waals surface area contributed by atoms with E-state index in [1.54, 1.807) is 0 Å². The first-order valence-corrected chi connectivity index (χ1v) is 6.47. The Labute approximate surface area is 99.1 Å². The van der Waals surface area contributed by atoms with Gasteiger partial charge in [-0.1, -0.05) is 20.8 Å². The zero-order valence-corrected chi connectivity index (χ0v) is 11.0. The summed E-state index contributed by atoms with van der Waals surface area (Å²) < 4.78 is 5.04. The Morgan fingerprint density at radius 1 is 1.44 bits per heavy atom. The molecule has 1 fully saturated rings. The third-order valence-electron chi connectivity index (χ3n) is 3.38. The number of carbonyl (C=O) groups excluding carboxylic acids is 1. The Morgan fingerprint density at radius 2 is 2.12 bits per heavy atom. The van der Waals surface area contributed by atoms with Gasteiger partial charge in [0.05, 0.1) is 12.5 Å². The summed E-state index contributed by atoms with van der Waals surface area (Å²) in [5.74, 6) is 0.619. The van der Waals surface area contributed by atoms with Gasteiger partial charge in [-0.15, -0.1) is 0 Å². The number of carbonyl (C=O) groups is 1. The molecule has 94 valence electrons. The van der Waals surface area contributed by atoms with Crippen molar-refractivity contribution in [2.45, 2.75) is 46.6 Å². The predicted octanol–water partition coefficient (Wildman–Crippen LogP) is 2.31. The average molecular weight is 227 g/mol. The molecule has 3 heteroatoms. The van der Waals surface area contributed by atoms with Crippen LogP contribution in [0.5, 0.6) is 0 Å². The standard InChI is InChI=1S/C13H25NO2/c1-5-16-13(15)11(4)9-14-8-6-7-12(14)10(2)3/h10-12H,5-9H2,1-4H3. The second-order valence-electron chi connectivity index (χ2n) is 5.10. The maximum atomic E-state index is 11.6. The molecular weight excluding hydrogens is 202 g/mol. The molecule has 2 unspecified atom stereocenters. The molecule has 1 heterocycles. The van der Waals surface area contributed by atoms with Gasteiger partial charge in [0.1, 0.15) is 0 Å². The van der Waals surface area contributed by atoms with Crippen LogP contribution in [0, 0.1) is 11.8 Å². The van der Waals surface area contributed by atoms with Crippen molar-refractivity contribution in [3.8, 4) is 0 Å². The molecule has 1 rings (SSSR count). The summed E-state index contributed by atoms with van der Waals surface area (Å²) in [6.07, 6.45) is 2.53. The van der Waals surface area contributed by atoms with Crippen LogP contribution >= 0.6 is 0 Å².